The summed E-state index contributed by atoms with van der Waals surface area (Å²) in [5.74, 6) is -0.347. The van der Waals surface area contributed by atoms with Crippen LogP contribution in [0, 0.1) is 5.82 Å². The maximum absolute atomic E-state index is 13.3. The Balaban J connectivity index is 2.80. The van der Waals surface area contributed by atoms with Gasteiger partial charge in [-0.1, -0.05) is 12.1 Å². The highest BCUT2D eigenvalue weighted by atomic mass is 79.9. The Hall–Kier alpha value is -0.425. The fraction of sp³-hybridized carbons (Fsp3) is 0. The molecule has 0 bridgehead atoms. The second kappa shape index (κ2) is 3.62. The lowest BCUT2D eigenvalue weighted by atomic mass is 9.89. The van der Waals surface area contributed by atoms with E-state index < -0.39 is 7.12 Å². The molecule has 2 aromatic rings. The molecule has 2 nitrogen and oxygen atoms in total. The highest BCUT2D eigenvalue weighted by Gasteiger charge is 2.21. The molecule has 0 aliphatic heterocycles. The molecule has 1 heterocycles. The topological polar surface area (TPSA) is 40.5 Å². The standard InChI is InChI=1S/C8H5BBrFO2S/c10-6-4-2-1-3-5(11)7(4)14-8(6)9(12)13/h1-3,12-13H. The van der Waals surface area contributed by atoms with Crippen LogP contribution in [0.3, 0.4) is 0 Å². The van der Waals surface area contributed by atoms with Crippen molar-refractivity contribution >= 4 is 49.2 Å². The first-order valence-corrected chi connectivity index (χ1v) is 5.44. The number of hydrogen-bond donors (Lipinski definition) is 2. The van der Waals surface area contributed by atoms with Crippen LogP contribution in [0.5, 0.6) is 0 Å². The van der Waals surface area contributed by atoms with Gasteiger partial charge in [0.15, 0.2) is 0 Å². The minimum Gasteiger partial charge on any atom is -0.423 e. The molecule has 0 atom stereocenters. The SMILES string of the molecule is OB(O)c1sc2c(F)cccc2c1Br. The van der Waals surface area contributed by atoms with Crippen LogP contribution in [0.1, 0.15) is 0 Å². The van der Waals surface area contributed by atoms with E-state index in [1.165, 1.54) is 6.07 Å². The summed E-state index contributed by atoms with van der Waals surface area (Å²) in [6.07, 6.45) is 0. The summed E-state index contributed by atoms with van der Waals surface area (Å²) in [6.45, 7) is 0. The Labute approximate surface area is 92.3 Å². The van der Waals surface area contributed by atoms with Gasteiger partial charge in [0.05, 0.1) is 9.48 Å². The highest BCUT2D eigenvalue weighted by Crippen LogP contribution is 2.30. The van der Waals surface area contributed by atoms with Gasteiger partial charge in [0, 0.05) is 9.86 Å². The number of halogens is 2. The summed E-state index contributed by atoms with van der Waals surface area (Å²) in [5.41, 5.74) is 0. The Kier molecular flexibility index (Phi) is 2.61. The number of fused-ring (bicyclic) bond motifs is 1. The molecular formula is C8H5BBrFO2S. The molecule has 1 aromatic carbocycles. The van der Waals surface area contributed by atoms with Crippen LogP contribution in [0.15, 0.2) is 22.7 Å². The summed E-state index contributed by atoms with van der Waals surface area (Å²) >= 11 is 4.25. The first-order valence-electron chi connectivity index (χ1n) is 3.84. The Bertz CT molecular complexity index is 485. The number of thiophene rings is 1. The van der Waals surface area contributed by atoms with Gasteiger partial charge in [-0.3, -0.25) is 0 Å². The Morgan fingerprint density at radius 1 is 1.36 bits per heavy atom. The molecule has 2 N–H and O–H groups in total. The van der Waals surface area contributed by atoms with E-state index in [-0.39, 0.29) is 5.82 Å². The van der Waals surface area contributed by atoms with Gasteiger partial charge in [0.1, 0.15) is 5.82 Å². The number of hydrogen-bond acceptors (Lipinski definition) is 3. The first-order chi connectivity index (χ1) is 6.61. The fourth-order valence-corrected chi connectivity index (χ4v) is 3.12. The van der Waals surface area contributed by atoms with Gasteiger partial charge in [0.25, 0.3) is 0 Å². The third-order valence-corrected chi connectivity index (χ3v) is 4.24. The minimum atomic E-state index is -1.57. The van der Waals surface area contributed by atoms with Crippen molar-refractivity contribution in [2.24, 2.45) is 0 Å². The van der Waals surface area contributed by atoms with E-state index in [9.17, 15) is 4.39 Å². The summed E-state index contributed by atoms with van der Waals surface area (Å²) in [5, 5.41) is 18.7. The third kappa shape index (κ3) is 1.48. The average molecular weight is 275 g/mol. The van der Waals surface area contributed by atoms with Crippen LogP contribution >= 0.6 is 27.3 Å². The summed E-state index contributed by atoms with van der Waals surface area (Å²) in [4.78, 5) is 0. The second-order valence-electron chi connectivity index (χ2n) is 2.77. The monoisotopic (exact) mass is 274 g/mol. The van der Waals surface area contributed by atoms with Crippen molar-refractivity contribution in [2.75, 3.05) is 0 Å². The lowest BCUT2D eigenvalue weighted by Crippen LogP contribution is -2.27. The molecule has 0 aliphatic carbocycles. The van der Waals surface area contributed by atoms with E-state index >= 15 is 0 Å². The Morgan fingerprint density at radius 3 is 2.64 bits per heavy atom. The number of rotatable bonds is 1. The van der Waals surface area contributed by atoms with Crippen LogP contribution < -0.4 is 4.78 Å². The zero-order chi connectivity index (χ0) is 10.3. The van der Waals surface area contributed by atoms with Crippen molar-refractivity contribution in [1.29, 1.82) is 0 Å². The van der Waals surface area contributed by atoms with Crippen LogP contribution in [-0.2, 0) is 0 Å². The number of benzene rings is 1. The van der Waals surface area contributed by atoms with Crippen molar-refractivity contribution in [3.8, 4) is 0 Å². The molecule has 0 saturated heterocycles. The molecule has 14 heavy (non-hydrogen) atoms. The molecule has 0 saturated carbocycles. The van der Waals surface area contributed by atoms with Gasteiger partial charge < -0.3 is 10.0 Å². The van der Waals surface area contributed by atoms with Gasteiger partial charge in [-0.25, -0.2) is 4.39 Å². The summed E-state index contributed by atoms with van der Waals surface area (Å²) in [6, 6.07) is 4.66. The largest absolute Gasteiger partial charge is 0.500 e. The molecule has 72 valence electrons. The summed E-state index contributed by atoms with van der Waals surface area (Å²) < 4.78 is 14.6. The van der Waals surface area contributed by atoms with Gasteiger partial charge >= 0.3 is 7.12 Å². The minimum absolute atomic E-state index is 0.324. The normalized spacial score (nSPS) is 10.9. The van der Waals surface area contributed by atoms with Crippen LogP contribution in [-0.4, -0.2) is 17.2 Å². The molecule has 0 radical (unpaired) electrons. The fourth-order valence-electron chi connectivity index (χ4n) is 1.24. The van der Waals surface area contributed by atoms with Gasteiger partial charge in [-0.05, 0) is 22.0 Å². The smallest absolute Gasteiger partial charge is 0.423 e. The van der Waals surface area contributed by atoms with E-state index in [1.807, 2.05) is 0 Å². The molecule has 0 fully saturated rings. The van der Waals surface area contributed by atoms with Gasteiger partial charge in [0.2, 0.25) is 0 Å². The molecule has 1 aromatic heterocycles. The van der Waals surface area contributed by atoms with Crippen LogP contribution in [0.2, 0.25) is 0 Å². The summed E-state index contributed by atoms with van der Waals surface area (Å²) in [7, 11) is -1.57. The average Bonchev–Trinajstić information content (AvgIpc) is 2.46. The van der Waals surface area contributed by atoms with E-state index in [0.29, 0.717) is 19.3 Å². The zero-order valence-electron chi connectivity index (χ0n) is 6.87. The maximum Gasteiger partial charge on any atom is 0.500 e. The molecule has 0 aliphatic rings. The highest BCUT2D eigenvalue weighted by molar-refractivity contribution is 9.11. The Morgan fingerprint density at radius 2 is 2.07 bits per heavy atom. The molecular weight excluding hydrogens is 270 g/mol. The predicted octanol–water partition coefficient (Wildman–Crippen LogP) is 1.48. The third-order valence-electron chi connectivity index (χ3n) is 1.87. The first kappa shape index (κ1) is 10.1. The van der Waals surface area contributed by atoms with Crippen molar-refractivity contribution in [3.05, 3.63) is 28.5 Å². The van der Waals surface area contributed by atoms with Crippen LogP contribution in [0.25, 0.3) is 10.1 Å². The molecule has 2 rings (SSSR count). The van der Waals surface area contributed by atoms with E-state index in [2.05, 4.69) is 15.9 Å². The molecule has 0 amide bonds. The molecule has 6 heteroatoms. The van der Waals surface area contributed by atoms with Crippen molar-refractivity contribution in [2.45, 2.75) is 0 Å². The lowest BCUT2D eigenvalue weighted by Gasteiger charge is -1.93. The maximum atomic E-state index is 13.3. The van der Waals surface area contributed by atoms with Crippen molar-refractivity contribution in [3.63, 3.8) is 0 Å². The molecule has 0 spiro atoms. The zero-order valence-corrected chi connectivity index (χ0v) is 9.27. The van der Waals surface area contributed by atoms with E-state index in [1.54, 1.807) is 12.1 Å². The molecule has 0 unspecified atom stereocenters. The van der Waals surface area contributed by atoms with E-state index in [0.717, 1.165) is 11.3 Å². The van der Waals surface area contributed by atoms with Gasteiger partial charge in [-0.15, -0.1) is 11.3 Å². The predicted molar refractivity (Wildman–Crippen MR) is 59.3 cm³/mol. The second-order valence-corrected chi connectivity index (χ2v) is 4.62. The van der Waals surface area contributed by atoms with E-state index in [4.69, 9.17) is 10.0 Å². The lowest BCUT2D eigenvalue weighted by molar-refractivity contribution is 0.426. The van der Waals surface area contributed by atoms with Gasteiger partial charge in [-0.2, -0.15) is 0 Å². The van der Waals surface area contributed by atoms with Crippen molar-refractivity contribution < 1.29 is 14.4 Å². The van der Waals surface area contributed by atoms with Crippen LogP contribution in [0.4, 0.5) is 4.39 Å². The van der Waals surface area contributed by atoms with Crippen molar-refractivity contribution in [1.82, 2.24) is 0 Å². The quantitative estimate of drug-likeness (QED) is 0.774.